The molecule has 0 aliphatic rings. The molecule has 0 saturated carbocycles. The zero-order valence-corrected chi connectivity index (χ0v) is 13.3. The van der Waals surface area contributed by atoms with E-state index in [0.717, 1.165) is 30.0 Å². The molecule has 0 radical (unpaired) electrons. The number of anilines is 1. The molecule has 18 heavy (non-hydrogen) atoms. The van der Waals surface area contributed by atoms with Gasteiger partial charge in [0.25, 0.3) is 0 Å². The van der Waals surface area contributed by atoms with Crippen molar-refractivity contribution >= 4 is 21.6 Å². The Kier molecular flexibility index (Phi) is 7.36. The number of hydrogen-bond acceptors (Lipinski definition) is 2. The van der Waals surface area contributed by atoms with E-state index in [1.54, 1.807) is 0 Å². The van der Waals surface area contributed by atoms with E-state index in [1.807, 2.05) is 0 Å². The first-order valence-electron chi connectivity index (χ1n) is 6.87. The summed E-state index contributed by atoms with van der Waals surface area (Å²) in [6, 6.07) is 8.35. The summed E-state index contributed by atoms with van der Waals surface area (Å²) in [5.74, 6) is 0.789. The molecule has 102 valence electrons. The summed E-state index contributed by atoms with van der Waals surface area (Å²) in [5.41, 5.74) is 1.19. The highest BCUT2D eigenvalue weighted by atomic mass is 79.9. The molecule has 1 rings (SSSR count). The molecule has 0 amide bonds. The highest BCUT2D eigenvalue weighted by Crippen LogP contribution is 2.13. The first-order chi connectivity index (χ1) is 8.65. The molecule has 3 heteroatoms. The minimum Gasteiger partial charge on any atom is -0.384 e. The molecule has 1 unspecified atom stereocenters. The molecule has 0 saturated heterocycles. The van der Waals surface area contributed by atoms with Gasteiger partial charge in [0.05, 0.1) is 0 Å². The average molecular weight is 313 g/mol. The zero-order valence-electron chi connectivity index (χ0n) is 11.7. The third kappa shape index (κ3) is 5.87. The van der Waals surface area contributed by atoms with Crippen LogP contribution in [0.2, 0.25) is 0 Å². The number of rotatable bonds is 8. The van der Waals surface area contributed by atoms with E-state index < -0.39 is 0 Å². The third-order valence-electron chi connectivity index (χ3n) is 3.32. The fraction of sp³-hybridized carbons (Fsp3) is 0.600. The monoisotopic (exact) mass is 312 g/mol. The summed E-state index contributed by atoms with van der Waals surface area (Å²) in [4.78, 5) is 2.51. The second kappa shape index (κ2) is 8.54. The van der Waals surface area contributed by atoms with Crippen LogP contribution in [-0.2, 0) is 0 Å². The summed E-state index contributed by atoms with van der Waals surface area (Å²) in [6.07, 6.45) is 1.26. The lowest BCUT2D eigenvalue weighted by Crippen LogP contribution is -2.32. The first kappa shape index (κ1) is 15.5. The molecule has 0 bridgehead atoms. The molecular formula is C15H25BrN2. The number of likely N-dealkylation sites (N-methyl/N-ethyl adjacent to an activating group) is 1. The Morgan fingerprint density at radius 2 is 1.89 bits per heavy atom. The van der Waals surface area contributed by atoms with Gasteiger partial charge in [-0.2, -0.15) is 0 Å². The van der Waals surface area contributed by atoms with Gasteiger partial charge in [0.15, 0.2) is 0 Å². The molecule has 0 aliphatic carbocycles. The maximum atomic E-state index is 3.47. The Morgan fingerprint density at radius 1 is 1.22 bits per heavy atom. The summed E-state index contributed by atoms with van der Waals surface area (Å²) in [5, 5.41) is 3.47. The van der Waals surface area contributed by atoms with Crippen LogP contribution in [0.25, 0.3) is 0 Å². The minimum atomic E-state index is 0.789. The largest absolute Gasteiger partial charge is 0.384 e. The standard InChI is InChI=1S/C15H25BrN2/c1-4-13(3)12-18(5-2)11-10-17-15-8-6-14(16)7-9-15/h6-9,13,17H,4-5,10-12H2,1-3H3. The van der Waals surface area contributed by atoms with E-state index in [-0.39, 0.29) is 0 Å². The molecule has 2 nitrogen and oxygen atoms in total. The summed E-state index contributed by atoms with van der Waals surface area (Å²) in [7, 11) is 0. The van der Waals surface area contributed by atoms with Crippen molar-refractivity contribution in [1.82, 2.24) is 4.90 Å². The van der Waals surface area contributed by atoms with Gasteiger partial charge in [-0.15, -0.1) is 0 Å². The van der Waals surface area contributed by atoms with E-state index in [0.29, 0.717) is 0 Å². The van der Waals surface area contributed by atoms with Crippen molar-refractivity contribution in [2.75, 3.05) is 31.5 Å². The Labute approximate surface area is 120 Å². The maximum absolute atomic E-state index is 3.47. The average Bonchev–Trinajstić information content (AvgIpc) is 2.39. The Bertz CT molecular complexity index is 324. The SMILES string of the molecule is CCC(C)CN(CC)CCNc1ccc(Br)cc1. The number of nitrogens with one attached hydrogen (secondary N) is 1. The van der Waals surface area contributed by atoms with Gasteiger partial charge < -0.3 is 10.2 Å². The Morgan fingerprint density at radius 3 is 2.44 bits per heavy atom. The lowest BCUT2D eigenvalue weighted by atomic mass is 10.1. The van der Waals surface area contributed by atoms with Gasteiger partial charge in [-0.3, -0.25) is 0 Å². The van der Waals surface area contributed by atoms with Crippen LogP contribution in [0.3, 0.4) is 0 Å². The highest BCUT2D eigenvalue weighted by Gasteiger charge is 2.06. The van der Waals surface area contributed by atoms with Gasteiger partial charge in [-0.1, -0.05) is 43.1 Å². The predicted octanol–water partition coefficient (Wildman–Crippen LogP) is 4.23. The second-order valence-electron chi connectivity index (χ2n) is 4.84. The van der Waals surface area contributed by atoms with Crippen molar-refractivity contribution in [1.29, 1.82) is 0 Å². The van der Waals surface area contributed by atoms with Crippen molar-refractivity contribution in [2.45, 2.75) is 27.2 Å². The van der Waals surface area contributed by atoms with Crippen LogP contribution in [0.5, 0.6) is 0 Å². The number of hydrogen-bond donors (Lipinski definition) is 1. The first-order valence-corrected chi connectivity index (χ1v) is 7.66. The molecule has 0 aliphatic heterocycles. The van der Waals surface area contributed by atoms with Gasteiger partial charge in [-0.05, 0) is 36.7 Å². The van der Waals surface area contributed by atoms with E-state index in [9.17, 15) is 0 Å². The van der Waals surface area contributed by atoms with Crippen molar-refractivity contribution in [3.8, 4) is 0 Å². The second-order valence-corrected chi connectivity index (χ2v) is 5.76. The van der Waals surface area contributed by atoms with Crippen LogP contribution in [0.1, 0.15) is 27.2 Å². The van der Waals surface area contributed by atoms with Crippen molar-refractivity contribution in [3.05, 3.63) is 28.7 Å². The van der Waals surface area contributed by atoms with Gasteiger partial charge >= 0.3 is 0 Å². The molecule has 0 spiro atoms. The molecule has 0 fully saturated rings. The summed E-state index contributed by atoms with van der Waals surface area (Å²) >= 11 is 3.45. The lowest BCUT2D eigenvalue weighted by molar-refractivity contribution is 0.254. The molecule has 1 aromatic carbocycles. The van der Waals surface area contributed by atoms with E-state index >= 15 is 0 Å². The van der Waals surface area contributed by atoms with Crippen molar-refractivity contribution in [3.63, 3.8) is 0 Å². The smallest absolute Gasteiger partial charge is 0.0341 e. The van der Waals surface area contributed by atoms with Gasteiger partial charge in [-0.25, -0.2) is 0 Å². The van der Waals surface area contributed by atoms with Crippen LogP contribution >= 0.6 is 15.9 Å². The maximum Gasteiger partial charge on any atom is 0.0341 e. The van der Waals surface area contributed by atoms with Crippen LogP contribution in [0.4, 0.5) is 5.69 Å². The number of nitrogens with zero attached hydrogens (tertiary/aromatic N) is 1. The molecule has 1 atom stereocenters. The quantitative estimate of drug-likeness (QED) is 0.772. The van der Waals surface area contributed by atoms with Crippen molar-refractivity contribution < 1.29 is 0 Å². The minimum absolute atomic E-state index is 0.789. The summed E-state index contributed by atoms with van der Waals surface area (Å²) in [6.45, 7) is 11.3. The van der Waals surface area contributed by atoms with Gasteiger partial charge in [0.2, 0.25) is 0 Å². The molecular weight excluding hydrogens is 288 g/mol. The number of benzene rings is 1. The van der Waals surface area contributed by atoms with Gasteiger partial charge in [0, 0.05) is 29.8 Å². The highest BCUT2D eigenvalue weighted by molar-refractivity contribution is 9.10. The Balaban J connectivity index is 2.28. The molecule has 0 heterocycles. The molecule has 1 aromatic rings. The van der Waals surface area contributed by atoms with Crippen molar-refractivity contribution in [2.24, 2.45) is 5.92 Å². The van der Waals surface area contributed by atoms with Gasteiger partial charge in [0.1, 0.15) is 0 Å². The van der Waals surface area contributed by atoms with E-state index in [4.69, 9.17) is 0 Å². The Hall–Kier alpha value is -0.540. The normalized spacial score (nSPS) is 12.7. The molecule has 0 aromatic heterocycles. The van der Waals surface area contributed by atoms with Crippen LogP contribution < -0.4 is 5.32 Å². The zero-order chi connectivity index (χ0) is 13.4. The fourth-order valence-corrected chi connectivity index (χ4v) is 2.14. The fourth-order valence-electron chi connectivity index (χ4n) is 1.87. The predicted molar refractivity (Wildman–Crippen MR) is 84.2 cm³/mol. The molecule has 1 N–H and O–H groups in total. The van der Waals surface area contributed by atoms with Crippen LogP contribution in [-0.4, -0.2) is 31.1 Å². The van der Waals surface area contributed by atoms with E-state index in [1.165, 1.54) is 18.7 Å². The van der Waals surface area contributed by atoms with E-state index in [2.05, 4.69) is 71.2 Å². The van der Waals surface area contributed by atoms with Crippen LogP contribution in [0.15, 0.2) is 28.7 Å². The summed E-state index contributed by atoms with van der Waals surface area (Å²) < 4.78 is 1.13. The topological polar surface area (TPSA) is 15.3 Å². The third-order valence-corrected chi connectivity index (χ3v) is 3.84. The lowest BCUT2D eigenvalue weighted by Gasteiger charge is -2.24. The number of halogens is 1. The van der Waals surface area contributed by atoms with Crippen LogP contribution in [0, 0.1) is 5.92 Å².